The maximum Gasteiger partial charge on any atom is 0.250 e. The molecule has 3 N–H and O–H groups in total. The number of aryl methyl sites for hydroxylation is 3. The number of halogens is 3. The number of nitrogens with zero attached hydrogens (tertiary/aromatic N) is 15. The fourth-order valence-electron chi connectivity index (χ4n) is 7.39. The highest BCUT2D eigenvalue weighted by molar-refractivity contribution is 7.40. The van der Waals surface area contributed by atoms with Gasteiger partial charge in [0, 0.05) is 49.4 Å². The Hall–Kier alpha value is -8.86. The Labute approximate surface area is 453 Å². The number of hydrogen-bond acceptors (Lipinski definition) is 16. The van der Waals surface area contributed by atoms with Crippen LogP contribution in [0, 0.1) is 0 Å². The molecule has 0 aliphatic carbocycles. The van der Waals surface area contributed by atoms with Gasteiger partial charge in [0.05, 0.1) is 73.3 Å². The highest BCUT2D eigenvalue weighted by Gasteiger charge is 2.12. The minimum Gasteiger partial charge on any atom is -0.822 e. The van der Waals surface area contributed by atoms with Crippen molar-refractivity contribution in [2.24, 2.45) is 21.1 Å². The zero-order valence-electron chi connectivity index (χ0n) is 40.7. The van der Waals surface area contributed by atoms with E-state index in [2.05, 4.69) is 60.8 Å². The molecule has 9 aromatic heterocycles. The van der Waals surface area contributed by atoms with Gasteiger partial charge in [0.1, 0.15) is 73.6 Å². The number of fused-ring (bicyclic) bond motifs is 3. The molecule has 0 aliphatic rings. The number of pyridine rings is 3. The van der Waals surface area contributed by atoms with E-state index < -0.39 is 7.82 Å². The first-order valence-corrected chi connectivity index (χ1v) is 25.4. The van der Waals surface area contributed by atoms with Gasteiger partial charge in [0.15, 0.2) is 0 Å². The van der Waals surface area contributed by atoms with Gasteiger partial charge in [-0.15, -0.1) is 0 Å². The van der Waals surface area contributed by atoms with Gasteiger partial charge in [-0.1, -0.05) is 34.8 Å². The molecule has 0 radical (unpaired) electrons. The van der Waals surface area contributed by atoms with Crippen LogP contribution in [0.3, 0.4) is 0 Å². The van der Waals surface area contributed by atoms with Crippen LogP contribution < -0.4 is 44.3 Å². The van der Waals surface area contributed by atoms with E-state index in [1.165, 1.54) is 19.0 Å². The van der Waals surface area contributed by atoms with Crippen molar-refractivity contribution < 1.29 is 32.9 Å². The zero-order chi connectivity index (χ0) is 54.1. The molecule has 0 amide bonds. The molecule has 0 bridgehead atoms. The van der Waals surface area contributed by atoms with Crippen molar-refractivity contribution in [1.29, 1.82) is 0 Å². The third kappa shape index (κ3) is 14.3. The molecule has 0 fully saturated rings. The number of imidazole rings is 3. The second-order valence-corrected chi connectivity index (χ2v) is 18.9. The predicted molar refractivity (Wildman–Crippen MR) is 285 cm³/mol. The molecule has 12 aromatic rings. The van der Waals surface area contributed by atoms with E-state index in [0.717, 1.165) is 84.7 Å². The van der Waals surface area contributed by atoms with Crippen molar-refractivity contribution in [3.8, 4) is 17.5 Å². The molecule has 9 heterocycles. The first kappa shape index (κ1) is 53.0. The third-order valence-corrected chi connectivity index (χ3v) is 11.6. The van der Waals surface area contributed by atoms with Crippen molar-refractivity contribution in [1.82, 2.24) is 58.6 Å². The van der Waals surface area contributed by atoms with E-state index in [1.54, 1.807) is 18.6 Å². The molecule has 0 saturated heterocycles. The highest BCUT2D eigenvalue weighted by Crippen LogP contribution is 2.28. The fraction of sp³-hybridized carbons (Fsp3) is 0.0588. The van der Waals surface area contributed by atoms with Crippen LogP contribution in [0.1, 0.15) is 0 Å². The maximum absolute atomic E-state index is 8.55. The number of nitrogens with one attached hydrogen (secondary N) is 3. The second kappa shape index (κ2) is 23.8. The van der Waals surface area contributed by atoms with Gasteiger partial charge in [-0.3, -0.25) is 0 Å². The summed E-state index contributed by atoms with van der Waals surface area (Å²) in [6.45, 7) is 0. The van der Waals surface area contributed by atoms with Crippen molar-refractivity contribution in [2.45, 2.75) is 0 Å². The standard InChI is InChI=1S/3C17H14ClN6.H3O4P/c3*1-23-6-7-24(11-23)16-5-3-13(9-19-16)22-17-14-4-2-12(18)8-15(14)20-10-21-17;1-5(2,3)4/h3*2-11H,1H3,(H,20,21,22);(H3,1,2,3,4)/q3*+1;/p-3. The third-order valence-electron chi connectivity index (χ3n) is 10.9. The zero-order valence-corrected chi connectivity index (χ0v) is 43.9. The van der Waals surface area contributed by atoms with Crippen molar-refractivity contribution in [3.63, 3.8) is 0 Å². The SMILES string of the molecule is C[n+]1ccn(-c2ccc(Nc3ncnc4cc(Cl)ccc34)cn2)c1.C[n+]1ccn(-c2ccc(Nc3ncnc4cc(Cl)ccc34)cn2)c1.C[n+]1ccn(-c2ccc(Nc3ncnc4cc(Cl)ccc34)cn2)c1.O=P([O-])([O-])[O-]. The van der Waals surface area contributed by atoms with Crippen LogP contribution in [0.25, 0.3) is 50.2 Å². The van der Waals surface area contributed by atoms with Gasteiger partial charge < -0.3 is 35.2 Å². The van der Waals surface area contributed by atoms with E-state index in [9.17, 15) is 0 Å². The molecule has 3 aromatic carbocycles. The quantitative estimate of drug-likeness (QED) is 0.106. The topological polar surface area (TPSA) is 265 Å². The summed E-state index contributed by atoms with van der Waals surface area (Å²) in [5.74, 6) is 4.71. The lowest BCUT2D eigenvalue weighted by atomic mass is 10.2. The Morgan fingerprint density at radius 1 is 0.429 bits per heavy atom. The number of rotatable bonds is 9. The molecule has 0 aliphatic heterocycles. The molecular formula is C51H42Cl3N18O4P. The Kier molecular flexibility index (Phi) is 16.4. The van der Waals surface area contributed by atoms with Crippen LogP contribution in [0.15, 0.2) is 185 Å². The molecule has 0 spiro atoms. The summed E-state index contributed by atoms with van der Waals surface area (Å²) in [6.07, 6.45) is 27.5. The van der Waals surface area contributed by atoms with Gasteiger partial charge in [-0.2, -0.15) is 21.5 Å². The number of anilines is 6. The molecule has 12 rings (SSSR count). The highest BCUT2D eigenvalue weighted by atomic mass is 35.5. The second-order valence-electron chi connectivity index (χ2n) is 16.6. The minimum atomic E-state index is -5.39. The monoisotopic (exact) mass is 1110 g/mol. The van der Waals surface area contributed by atoms with E-state index in [0.29, 0.717) is 15.1 Å². The van der Waals surface area contributed by atoms with E-state index in [1.807, 2.05) is 196 Å². The first-order valence-electron chi connectivity index (χ1n) is 22.8. The average molecular weight is 1110 g/mol. The Morgan fingerprint density at radius 3 is 0.948 bits per heavy atom. The summed E-state index contributed by atoms with van der Waals surface area (Å²) in [6, 6.07) is 28.4. The summed E-state index contributed by atoms with van der Waals surface area (Å²) in [5.41, 5.74) is 4.94. The lowest BCUT2D eigenvalue weighted by molar-refractivity contribution is -0.670. The average Bonchev–Trinajstić information content (AvgIpc) is 4.18. The lowest BCUT2D eigenvalue weighted by Crippen LogP contribution is -2.24. The van der Waals surface area contributed by atoms with Crippen LogP contribution in [0.4, 0.5) is 34.5 Å². The van der Waals surface area contributed by atoms with Gasteiger partial charge >= 0.3 is 0 Å². The minimum absolute atomic E-state index is 0.651. The number of hydrogen-bond donors (Lipinski definition) is 3. The number of aromatic nitrogens is 15. The van der Waals surface area contributed by atoms with E-state index >= 15 is 0 Å². The normalized spacial score (nSPS) is 11.0. The van der Waals surface area contributed by atoms with Crippen molar-refractivity contribution >= 4 is 110 Å². The van der Waals surface area contributed by atoms with Gasteiger partial charge in [-0.05, 0) is 72.8 Å². The summed E-state index contributed by atoms with van der Waals surface area (Å²) < 4.78 is 20.3. The Morgan fingerprint density at radius 2 is 0.714 bits per heavy atom. The summed E-state index contributed by atoms with van der Waals surface area (Å²) in [5, 5.41) is 14.5. The summed E-state index contributed by atoms with van der Waals surface area (Å²) in [7, 11) is 0.525. The number of benzene rings is 3. The fourth-order valence-corrected chi connectivity index (χ4v) is 7.89. The van der Waals surface area contributed by atoms with Gasteiger partial charge in [0.2, 0.25) is 36.4 Å². The Bertz CT molecular complexity index is 3620. The van der Waals surface area contributed by atoms with Crippen LogP contribution in [0.5, 0.6) is 0 Å². The molecule has 386 valence electrons. The lowest BCUT2D eigenvalue weighted by Gasteiger charge is -2.36. The van der Waals surface area contributed by atoms with Crippen LogP contribution in [-0.2, 0) is 25.7 Å². The van der Waals surface area contributed by atoms with E-state index in [-0.39, 0.29) is 0 Å². The number of phosphoric acid groups is 1. The smallest absolute Gasteiger partial charge is 0.250 e. The summed E-state index contributed by atoms with van der Waals surface area (Å²) in [4.78, 5) is 64.7. The van der Waals surface area contributed by atoms with Crippen LogP contribution in [-0.4, -0.2) is 58.6 Å². The first-order chi connectivity index (χ1) is 37.1. The van der Waals surface area contributed by atoms with Gasteiger partial charge in [-0.25, -0.2) is 58.6 Å². The molecular weight excluding hydrogens is 1070 g/mol. The Balaban J connectivity index is 0.000000135. The molecule has 22 nitrogen and oxygen atoms in total. The molecule has 0 saturated carbocycles. The molecule has 26 heteroatoms. The molecule has 77 heavy (non-hydrogen) atoms. The van der Waals surface area contributed by atoms with Crippen molar-refractivity contribution in [2.75, 3.05) is 16.0 Å². The largest absolute Gasteiger partial charge is 0.822 e. The molecule has 0 unspecified atom stereocenters. The predicted octanol–water partition coefficient (Wildman–Crippen LogP) is 6.29. The maximum atomic E-state index is 8.55. The van der Waals surface area contributed by atoms with Gasteiger partial charge in [0.25, 0.3) is 0 Å². The van der Waals surface area contributed by atoms with Crippen molar-refractivity contribution in [3.05, 3.63) is 200 Å². The molecule has 0 atom stereocenters. The van der Waals surface area contributed by atoms with E-state index in [4.69, 9.17) is 54.0 Å². The van der Waals surface area contributed by atoms with Crippen LogP contribution in [0.2, 0.25) is 15.1 Å². The summed E-state index contributed by atoms with van der Waals surface area (Å²) >= 11 is 18.0. The van der Waals surface area contributed by atoms with Crippen LogP contribution >= 0.6 is 42.6 Å².